The molecule has 0 saturated carbocycles. The molecule has 0 radical (unpaired) electrons. The summed E-state index contributed by atoms with van der Waals surface area (Å²) < 4.78 is 5.49. The first kappa shape index (κ1) is 14.7. The maximum Gasteiger partial charge on any atom is 0.252 e. The first-order chi connectivity index (χ1) is 8.65. The molecular weight excluding hydrogens is 300 g/mol. The van der Waals surface area contributed by atoms with Gasteiger partial charge in [0, 0.05) is 18.1 Å². The smallest absolute Gasteiger partial charge is 0.252 e. The molecule has 1 rings (SSSR count). The van der Waals surface area contributed by atoms with Crippen LogP contribution in [0.5, 0.6) is 0 Å². The molecule has 2 N–H and O–H groups in total. The molecule has 18 heavy (non-hydrogen) atoms. The van der Waals surface area contributed by atoms with Crippen molar-refractivity contribution in [2.24, 2.45) is 0 Å². The zero-order valence-corrected chi connectivity index (χ0v) is 11.6. The van der Waals surface area contributed by atoms with Crippen molar-refractivity contribution in [2.45, 2.75) is 0 Å². The van der Waals surface area contributed by atoms with Crippen molar-refractivity contribution in [1.29, 1.82) is 0 Å². The molecule has 0 fully saturated rings. The summed E-state index contributed by atoms with van der Waals surface area (Å²) in [5.74, 6) is -0.531. The second-order valence-corrected chi connectivity index (χ2v) is 4.36. The van der Waals surface area contributed by atoms with Crippen LogP contribution in [0.25, 0.3) is 0 Å². The minimum absolute atomic E-state index is 0.0517. The van der Waals surface area contributed by atoms with Crippen molar-refractivity contribution in [3.63, 3.8) is 0 Å². The van der Waals surface area contributed by atoms with Gasteiger partial charge in [0.15, 0.2) is 0 Å². The summed E-state index contributed by atoms with van der Waals surface area (Å²) in [5.41, 5.74) is 0.502. The van der Waals surface area contributed by atoms with Crippen LogP contribution in [0.15, 0.2) is 28.7 Å². The topological polar surface area (TPSA) is 67.4 Å². The van der Waals surface area contributed by atoms with E-state index in [1.807, 2.05) is 6.07 Å². The normalized spacial score (nSPS) is 9.89. The monoisotopic (exact) mass is 314 g/mol. The summed E-state index contributed by atoms with van der Waals surface area (Å²) in [7, 11) is 1.56. The molecule has 0 aliphatic heterocycles. The predicted octanol–water partition coefficient (Wildman–Crippen LogP) is 0.942. The van der Waals surface area contributed by atoms with Gasteiger partial charge in [0.2, 0.25) is 5.91 Å². The van der Waals surface area contributed by atoms with E-state index >= 15 is 0 Å². The minimum Gasteiger partial charge on any atom is -0.383 e. The molecule has 6 heteroatoms. The molecule has 98 valence electrons. The van der Waals surface area contributed by atoms with Crippen LogP contribution in [0, 0.1) is 0 Å². The van der Waals surface area contributed by atoms with Crippen molar-refractivity contribution in [3.05, 3.63) is 34.3 Å². The molecular formula is C12H15BrN2O3. The van der Waals surface area contributed by atoms with Gasteiger partial charge in [-0.25, -0.2) is 0 Å². The van der Waals surface area contributed by atoms with Gasteiger partial charge in [-0.3, -0.25) is 9.59 Å². The van der Waals surface area contributed by atoms with E-state index in [9.17, 15) is 9.59 Å². The Labute approximate surface area is 114 Å². The van der Waals surface area contributed by atoms with Gasteiger partial charge < -0.3 is 15.4 Å². The lowest BCUT2D eigenvalue weighted by molar-refractivity contribution is -0.120. The Balaban J connectivity index is 2.38. The summed E-state index contributed by atoms with van der Waals surface area (Å²) in [5, 5.41) is 5.16. The highest BCUT2D eigenvalue weighted by Gasteiger charge is 2.10. The highest BCUT2D eigenvalue weighted by Crippen LogP contribution is 2.15. The molecule has 1 aromatic carbocycles. The van der Waals surface area contributed by atoms with Gasteiger partial charge in [-0.2, -0.15) is 0 Å². The van der Waals surface area contributed by atoms with Crippen molar-refractivity contribution in [1.82, 2.24) is 10.6 Å². The van der Waals surface area contributed by atoms with E-state index in [0.29, 0.717) is 23.2 Å². The van der Waals surface area contributed by atoms with Crippen molar-refractivity contribution >= 4 is 27.7 Å². The molecule has 0 bridgehead atoms. The van der Waals surface area contributed by atoms with E-state index in [0.717, 1.165) is 0 Å². The van der Waals surface area contributed by atoms with Crippen LogP contribution in [0.3, 0.4) is 0 Å². The molecule has 0 spiro atoms. The second kappa shape index (κ2) is 7.84. The fourth-order valence-electron chi connectivity index (χ4n) is 1.26. The number of hydrogen-bond donors (Lipinski definition) is 2. The summed E-state index contributed by atoms with van der Waals surface area (Å²) in [6.07, 6.45) is 0. The van der Waals surface area contributed by atoms with E-state index in [-0.39, 0.29) is 18.4 Å². The number of hydrogen-bond acceptors (Lipinski definition) is 3. The number of nitrogens with one attached hydrogen (secondary N) is 2. The molecule has 0 heterocycles. The summed E-state index contributed by atoms with van der Waals surface area (Å²) in [6, 6.07) is 7.03. The number of ether oxygens (including phenoxy) is 1. The molecule has 0 unspecified atom stereocenters. The Kier molecular flexibility index (Phi) is 6.38. The summed E-state index contributed by atoms with van der Waals surface area (Å²) >= 11 is 3.28. The SMILES string of the molecule is COCCNC(=O)CNC(=O)c1ccccc1Br. The zero-order valence-electron chi connectivity index (χ0n) is 10.0. The fraction of sp³-hybridized carbons (Fsp3) is 0.333. The Morgan fingerprint density at radius 3 is 2.67 bits per heavy atom. The van der Waals surface area contributed by atoms with E-state index in [1.54, 1.807) is 25.3 Å². The molecule has 1 aromatic rings. The third-order valence-electron chi connectivity index (χ3n) is 2.16. The lowest BCUT2D eigenvalue weighted by atomic mass is 10.2. The highest BCUT2D eigenvalue weighted by atomic mass is 79.9. The predicted molar refractivity (Wildman–Crippen MR) is 71.4 cm³/mol. The zero-order chi connectivity index (χ0) is 13.4. The van der Waals surface area contributed by atoms with Gasteiger partial charge in [0.1, 0.15) is 0 Å². The molecule has 0 aliphatic rings. The molecule has 5 nitrogen and oxygen atoms in total. The lowest BCUT2D eigenvalue weighted by Gasteiger charge is -2.07. The van der Waals surface area contributed by atoms with Crippen LogP contribution in [0.4, 0.5) is 0 Å². The Bertz CT molecular complexity index is 424. The third kappa shape index (κ3) is 4.85. The molecule has 0 atom stereocenters. The minimum atomic E-state index is -0.288. The van der Waals surface area contributed by atoms with E-state index < -0.39 is 0 Å². The maximum absolute atomic E-state index is 11.8. The molecule has 2 amide bonds. The molecule has 0 saturated heterocycles. The van der Waals surface area contributed by atoms with Crippen LogP contribution in [-0.2, 0) is 9.53 Å². The van der Waals surface area contributed by atoms with Crippen molar-refractivity contribution < 1.29 is 14.3 Å². The Morgan fingerprint density at radius 1 is 1.28 bits per heavy atom. The van der Waals surface area contributed by atoms with Gasteiger partial charge >= 0.3 is 0 Å². The van der Waals surface area contributed by atoms with E-state index in [1.165, 1.54) is 0 Å². The van der Waals surface area contributed by atoms with Gasteiger partial charge in [0.25, 0.3) is 5.91 Å². The Morgan fingerprint density at radius 2 is 2.00 bits per heavy atom. The largest absolute Gasteiger partial charge is 0.383 e. The van der Waals surface area contributed by atoms with Crippen LogP contribution in [0.2, 0.25) is 0 Å². The van der Waals surface area contributed by atoms with Crippen molar-refractivity contribution in [2.75, 3.05) is 26.8 Å². The number of carbonyl (C=O) groups excluding carboxylic acids is 2. The van der Waals surface area contributed by atoms with Gasteiger partial charge in [-0.15, -0.1) is 0 Å². The maximum atomic E-state index is 11.8. The highest BCUT2D eigenvalue weighted by molar-refractivity contribution is 9.10. The van der Waals surface area contributed by atoms with Crippen LogP contribution in [0.1, 0.15) is 10.4 Å². The van der Waals surface area contributed by atoms with Gasteiger partial charge in [-0.1, -0.05) is 12.1 Å². The van der Waals surface area contributed by atoms with Crippen LogP contribution >= 0.6 is 15.9 Å². The van der Waals surface area contributed by atoms with E-state index in [4.69, 9.17) is 4.74 Å². The number of halogens is 1. The standard InChI is InChI=1S/C12H15BrN2O3/c1-18-7-6-14-11(16)8-15-12(17)9-4-2-3-5-10(9)13/h2-5H,6-8H2,1H3,(H,14,16)(H,15,17). The number of carbonyl (C=O) groups is 2. The van der Waals surface area contributed by atoms with Gasteiger partial charge in [0.05, 0.1) is 18.7 Å². The number of amides is 2. The van der Waals surface area contributed by atoms with Crippen LogP contribution < -0.4 is 10.6 Å². The van der Waals surface area contributed by atoms with Gasteiger partial charge in [-0.05, 0) is 28.1 Å². The summed E-state index contributed by atoms with van der Waals surface area (Å²) in [6.45, 7) is 0.827. The number of methoxy groups -OCH3 is 1. The Hall–Kier alpha value is -1.40. The van der Waals surface area contributed by atoms with Crippen molar-refractivity contribution in [3.8, 4) is 0 Å². The molecule has 0 aliphatic carbocycles. The number of benzene rings is 1. The van der Waals surface area contributed by atoms with E-state index in [2.05, 4.69) is 26.6 Å². The average Bonchev–Trinajstić information content (AvgIpc) is 2.37. The fourth-order valence-corrected chi connectivity index (χ4v) is 1.72. The number of rotatable bonds is 6. The first-order valence-corrected chi connectivity index (χ1v) is 6.23. The summed E-state index contributed by atoms with van der Waals surface area (Å²) in [4.78, 5) is 23.1. The van der Waals surface area contributed by atoms with Crippen LogP contribution in [-0.4, -0.2) is 38.6 Å². The second-order valence-electron chi connectivity index (χ2n) is 3.51. The average molecular weight is 315 g/mol. The third-order valence-corrected chi connectivity index (χ3v) is 2.85. The quantitative estimate of drug-likeness (QED) is 0.768. The first-order valence-electron chi connectivity index (χ1n) is 5.43. The lowest BCUT2D eigenvalue weighted by Crippen LogP contribution is -2.38. The molecule has 0 aromatic heterocycles.